The number of aliphatic hydroxyl groups is 2. The smallest absolute Gasteiger partial charge is 0.303 e. The lowest BCUT2D eigenvalue weighted by Gasteiger charge is -2.62. The van der Waals surface area contributed by atoms with Gasteiger partial charge in [0.05, 0.1) is 12.2 Å². The molecule has 3 N–H and O–H groups in total. The van der Waals surface area contributed by atoms with Crippen molar-refractivity contribution in [2.45, 2.75) is 97.2 Å². The van der Waals surface area contributed by atoms with E-state index in [1.807, 2.05) is 0 Å². The highest BCUT2D eigenvalue weighted by atomic mass is 16.4. The van der Waals surface area contributed by atoms with Crippen LogP contribution in [0.5, 0.6) is 0 Å². The monoisotopic (exact) mass is 392 g/mol. The molecule has 4 nitrogen and oxygen atoms in total. The standard InChI is InChI=1S/C24H40O4/c1-14(4-7-22(27)28)17-5-6-18-16-13-21(26)20-12-15(25)8-10-24(20,3)19(16)9-11-23(17,18)2/h14-21,25-26H,4-13H2,1-3H3,(H,27,28)/t14-,15-,16-,17-,18+,19-,20+,21+,23-,24-/m1/s1. The Kier molecular flexibility index (Phi) is 5.36. The van der Waals surface area contributed by atoms with Crippen LogP contribution in [0, 0.1) is 46.3 Å². The molecule has 28 heavy (non-hydrogen) atoms. The molecular weight excluding hydrogens is 352 g/mol. The molecule has 4 saturated carbocycles. The molecule has 0 saturated heterocycles. The molecule has 0 aliphatic heterocycles. The summed E-state index contributed by atoms with van der Waals surface area (Å²) in [6.45, 7) is 7.16. The fourth-order valence-corrected chi connectivity index (χ4v) is 8.81. The average Bonchev–Trinajstić information content (AvgIpc) is 2.99. The molecule has 0 heterocycles. The molecule has 4 heteroatoms. The first-order valence-electron chi connectivity index (χ1n) is 11.7. The van der Waals surface area contributed by atoms with Gasteiger partial charge in [-0.1, -0.05) is 20.8 Å². The second kappa shape index (κ2) is 7.27. The first-order valence-corrected chi connectivity index (χ1v) is 11.7. The van der Waals surface area contributed by atoms with E-state index in [-0.39, 0.29) is 30.0 Å². The second-order valence-corrected chi connectivity index (χ2v) is 11.4. The number of hydrogen-bond acceptors (Lipinski definition) is 3. The Morgan fingerprint density at radius 2 is 1.64 bits per heavy atom. The molecular formula is C24H40O4. The Morgan fingerprint density at radius 3 is 2.36 bits per heavy atom. The third-order valence-corrected chi connectivity index (χ3v) is 10.2. The molecule has 0 aromatic rings. The minimum Gasteiger partial charge on any atom is -0.481 e. The zero-order valence-corrected chi connectivity index (χ0v) is 17.9. The van der Waals surface area contributed by atoms with Crippen LogP contribution < -0.4 is 0 Å². The highest BCUT2D eigenvalue weighted by Crippen LogP contribution is 2.68. The molecule has 0 spiro atoms. The quantitative estimate of drug-likeness (QED) is 0.659. The van der Waals surface area contributed by atoms with Crippen molar-refractivity contribution < 1.29 is 20.1 Å². The Balaban J connectivity index is 1.55. The summed E-state index contributed by atoms with van der Waals surface area (Å²) in [5.41, 5.74) is 0.478. The van der Waals surface area contributed by atoms with Crippen molar-refractivity contribution in [2.24, 2.45) is 46.3 Å². The number of aliphatic carboxylic acids is 1. The predicted molar refractivity (Wildman–Crippen MR) is 109 cm³/mol. The van der Waals surface area contributed by atoms with Crippen molar-refractivity contribution in [2.75, 3.05) is 0 Å². The van der Waals surface area contributed by atoms with Crippen LogP contribution in [0.2, 0.25) is 0 Å². The van der Waals surface area contributed by atoms with Crippen LogP contribution in [0.4, 0.5) is 0 Å². The zero-order chi connectivity index (χ0) is 20.3. The summed E-state index contributed by atoms with van der Waals surface area (Å²) in [7, 11) is 0. The van der Waals surface area contributed by atoms with Crippen LogP contribution in [-0.2, 0) is 4.79 Å². The number of fused-ring (bicyclic) bond motifs is 5. The Hall–Kier alpha value is -0.610. The highest BCUT2D eigenvalue weighted by molar-refractivity contribution is 5.66. The van der Waals surface area contributed by atoms with E-state index in [0.29, 0.717) is 35.0 Å². The topological polar surface area (TPSA) is 77.8 Å². The Bertz CT molecular complexity index is 605. The summed E-state index contributed by atoms with van der Waals surface area (Å²) in [6, 6.07) is 0. The summed E-state index contributed by atoms with van der Waals surface area (Å²) in [4.78, 5) is 11.1. The van der Waals surface area contributed by atoms with Gasteiger partial charge in [-0.05, 0) is 104 Å². The first kappa shape index (κ1) is 20.7. The second-order valence-electron chi connectivity index (χ2n) is 11.4. The van der Waals surface area contributed by atoms with E-state index >= 15 is 0 Å². The summed E-state index contributed by atoms with van der Waals surface area (Å²) in [6.07, 6.45) is 9.16. The predicted octanol–water partition coefficient (Wildman–Crippen LogP) is 4.48. The minimum atomic E-state index is -0.677. The number of carboxylic acid groups (broad SMARTS) is 1. The maximum absolute atomic E-state index is 11.1. The third kappa shape index (κ3) is 3.14. The van der Waals surface area contributed by atoms with E-state index in [4.69, 9.17) is 5.11 Å². The lowest BCUT2D eigenvalue weighted by molar-refractivity contribution is -0.172. The molecule has 4 aliphatic carbocycles. The van der Waals surface area contributed by atoms with Gasteiger partial charge in [-0.2, -0.15) is 0 Å². The number of rotatable bonds is 4. The van der Waals surface area contributed by atoms with E-state index in [1.165, 1.54) is 25.7 Å². The average molecular weight is 393 g/mol. The number of hydrogen-bond donors (Lipinski definition) is 3. The normalized spacial score (nSPS) is 51.7. The zero-order valence-electron chi connectivity index (χ0n) is 17.9. The van der Waals surface area contributed by atoms with Crippen molar-refractivity contribution in [1.29, 1.82) is 0 Å². The fourth-order valence-electron chi connectivity index (χ4n) is 8.81. The van der Waals surface area contributed by atoms with Gasteiger partial charge in [0.2, 0.25) is 0 Å². The van der Waals surface area contributed by atoms with Crippen LogP contribution in [0.25, 0.3) is 0 Å². The molecule has 160 valence electrons. The van der Waals surface area contributed by atoms with Crippen molar-refractivity contribution in [3.05, 3.63) is 0 Å². The third-order valence-electron chi connectivity index (χ3n) is 10.2. The van der Waals surface area contributed by atoms with Crippen LogP contribution in [0.3, 0.4) is 0 Å². The summed E-state index contributed by atoms with van der Waals surface area (Å²) in [5, 5.41) is 30.4. The summed E-state index contributed by atoms with van der Waals surface area (Å²) in [5.74, 6) is 2.61. The lowest BCUT2D eigenvalue weighted by atomic mass is 9.44. The highest BCUT2D eigenvalue weighted by Gasteiger charge is 2.62. The van der Waals surface area contributed by atoms with Gasteiger partial charge in [0.1, 0.15) is 0 Å². The van der Waals surface area contributed by atoms with Crippen molar-refractivity contribution >= 4 is 5.97 Å². The molecule has 0 unspecified atom stereocenters. The van der Waals surface area contributed by atoms with E-state index in [0.717, 1.165) is 32.1 Å². The minimum absolute atomic E-state index is 0.176. The molecule has 4 fully saturated rings. The number of carbonyl (C=O) groups is 1. The Labute approximate surface area is 170 Å². The van der Waals surface area contributed by atoms with Crippen LogP contribution >= 0.6 is 0 Å². The van der Waals surface area contributed by atoms with Gasteiger partial charge in [-0.25, -0.2) is 0 Å². The molecule has 4 rings (SSSR count). The maximum Gasteiger partial charge on any atom is 0.303 e. The maximum atomic E-state index is 11.1. The molecule has 0 aromatic heterocycles. The SMILES string of the molecule is C[C@H](CCC(=O)O)[C@H]1CC[C@H]2[C@H]3C[C@H](O)[C@@H]4C[C@H](O)CC[C@]4(C)[C@@H]3CC[C@]12C. The molecule has 0 radical (unpaired) electrons. The fraction of sp³-hybridized carbons (Fsp3) is 0.958. The van der Waals surface area contributed by atoms with Gasteiger partial charge in [0.15, 0.2) is 0 Å². The van der Waals surface area contributed by atoms with E-state index < -0.39 is 5.97 Å². The van der Waals surface area contributed by atoms with Crippen LogP contribution in [-0.4, -0.2) is 33.5 Å². The van der Waals surface area contributed by atoms with E-state index in [9.17, 15) is 15.0 Å². The van der Waals surface area contributed by atoms with Gasteiger partial charge in [0.25, 0.3) is 0 Å². The molecule has 0 aromatic carbocycles. The van der Waals surface area contributed by atoms with E-state index in [1.54, 1.807) is 0 Å². The molecule has 0 bridgehead atoms. The lowest BCUT2D eigenvalue weighted by Crippen LogP contribution is -2.58. The van der Waals surface area contributed by atoms with E-state index in [2.05, 4.69) is 20.8 Å². The summed E-state index contributed by atoms with van der Waals surface area (Å²) >= 11 is 0. The van der Waals surface area contributed by atoms with Gasteiger partial charge >= 0.3 is 5.97 Å². The molecule has 10 atom stereocenters. The van der Waals surface area contributed by atoms with Gasteiger partial charge in [-0.15, -0.1) is 0 Å². The summed E-state index contributed by atoms with van der Waals surface area (Å²) < 4.78 is 0. The first-order chi connectivity index (χ1) is 13.2. The van der Waals surface area contributed by atoms with Gasteiger partial charge < -0.3 is 15.3 Å². The van der Waals surface area contributed by atoms with Crippen molar-refractivity contribution in [1.82, 2.24) is 0 Å². The molecule has 4 aliphatic rings. The van der Waals surface area contributed by atoms with Crippen LogP contribution in [0.1, 0.15) is 85.0 Å². The van der Waals surface area contributed by atoms with Gasteiger partial charge in [0, 0.05) is 6.42 Å². The van der Waals surface area contributed by atoms with Crippen molar-refractivity contribution in [3.63, 3.8) is 0 Å². The van der Waals surface area contributed by atoms with Crippen molar-refractivity contribution in [3.8, 4) is 0 Å². The Morgan fingerprint density at radius 1 is 0.964 bits per heavy atom. The number of carboxylic acids is 1. The molecule has 0 amide bonds. The largest absolute Gasteiger partial charge is 0.481 e. The van der Waals surface area contributed by atoms with Gasteiger partial charge in [-0.3, -0.25) is 4.79 Å². The number of aliphatic hydroxyl groups excluding tert-OH is 2. The van der Waals surface area contributed by atoms with Crippen LogP contribution in [0.15, 0.2) is 0 Å².